The second-order valence-corrected chi connectivity index (χ2v) is 6.82. The number of halogens is 1. The minimum atomic E-state index is -0.534. The Labute approximate surface area is 155 Å². The van der Waals surface area contributed by atoms with Crippen LogP contribution < -0.4 is 4.90 Å². The maximum atomic E-state index is 14.1. The second-order valence-electron chi connectivity index (χ2n) is 5.87. The maximum absolute atomic E-state index is 14.1. The fourth-order valence-electron chi connectivity index (χ4n) is 2.50. The molecule has 26 heavy (non-hydrogen) atoms. The highest BCUT2D eigenvalue weighted by Gasteiger charge is 2.23. The zero-order valence-corrected chi connectivity index (χ0v) is 15.5. The van der Waals surface area contributed by atoms with Crippen LogP contribution in [0.3, 0.4) is 0 Å². The Bertz CT molecular complexity index is 912. The summed E-state index contributed by atoms with van der Waals surface area (Å²) in [5.41, 5.74) is 1.82. The Morgan fingerprint density at radius 2 is 2.04 bits per heavy atom. The van der Waals surface area contributed by atoms with Crippen LogP contribution in [0.5, 0.6) is 0 Å². The molecule has 0 saturated carbocycles. The quantitative estimate of drug-likeness (QED) is 0.641. The number of pyridine rings is 1. The van der Waals surface area contributed by atoms with Crippen molar-refractivity contribution in [3.8, 4) is 10.6 Å². The first-order valence-corrected chi connectivity index (χ1v) is 9.24. The summed E-state index contributed by atoms with van der Waals surface area (Å²) in [6, 6.07) is 9.77. The number of aryl methyl sites for hydroxylation is 1. The molecule has 0 aliphatic rings. The molecule has 0 unspecified atom stereocenters. The highest BCUT2D eigenvalue weighted by Crippen LogP contribution is 2.30. The molecule has 0 fully saturated rings. The summed E-state index contributed by atoms with van der Waals surface area (Å²) in [5, 5.41) is 9.56. The van der Waals surface area contributed by atoms with Gasteiger partial charge in [0.15, 0.2) is 0 Å². The molecule has 0 aliphatic heterocycles. The molecule has 7 heteroatoms. The van der Waals surface area contributed by atoms with Crippen molar-refractivity contribution in [2.24, 2.45) is 0 Å². The zero-order chi connectivity index (χ0) is 18.5. The first-order valence-electron chi connectivity index (χ1n) is 8.43. The van der Waals surface area contributed by atoms with Gasteiger partial charge in [-0.3, -0.25) is 14.7 Å². The third-order valence-electron chi connectivity index (χ3n) is 3.87. The van der Waals surface area contributed by atoms with Gasteiger partial charge in [-0.1, -0.05) is 36.8 Å². The predicted octanol–water partition coefficient (Wildman–Crippen LogP) is 4.49. The van der Waals surface area contributed by atoms with Gasteiger partial charge in [0.2, 0.25) is 5.13 Å². The van der Waals surface area contributed by atoms with Crippen molar-refractivity contribution in [1.82, 2.24) is 15.2 Å². The molecule has 0 saturated heterocycles. The van der Waals surface area contributed by atoms with E-state index in [1.807, 2.05) is 26.0 Å². The van der Waals surface area contributed by atoms with Crippen LogP contribution in [0.25, 0.3) is 10.6 Å². The van der Waals surface area contributed by atoms with Gasteiger partial charge in [-0.2, -0.15) is 0 Å². The van der Waals surface area contributed by atoms with Crippen LogP contribution in [0, 0.1) is 12.7 Å². The summed E-state index contributed by atoms with van der Waals surface area (Å²) >= 11 is 1.31. The second kappa shape index (κ2) is 8.14. The van der Waals surface area contributed by atoms with Crippen molar-refractivity contribution in [2.45, 2.75) is 26.7 Å². The summed E-state index contributed by atoms with van der Waals surface area (Å²) in [4.78, 5) is 18.6. The van der Waals surface area contributed by atoms with E-state index in [4.69, 9.17) is 0 Å². The summed E-state index contributed by atoms with van der Waals surface area (Å²) in [7, 11) is 0. The number of carbonyl (C=O) groups is 1. The number of nitrogens with zero attached hydrogens (tertiary/aromatic N) is 4. The number of benzene rings is 1. The average Bonchev–Trinajstić information content (AvgIpc) is 3.12. The van der Waals surface area contributed by atoms with Gasteiger partial charge in [0.05, 0.1) is 5.56 Å². The average molecular weight is 370 g/mol. The smallest absolute Gasteiger partial charge is 0.263 e. The van der Waals surface area contributed by atoms with Crippen LogP contribution in [0.4, 0.5) is 9.52 Å². The lowest BCUT2D eigenvalue weighted by Gasteiger charge is -2.19. The zero-order valence-electron chi connectivity index (χ0n) is 14.6. The number of aromatic nitrogens is 3. The van der Waals surface area contributed by atoms with Gasteiger partial charge in [0, 0.05) is 24.0 Å². The van der Waals surface area contributed by atoms with Crippen molar-refractivity contribution in [3.63, 3.8) is 0 Å². The Hall–Kier alpha value is -2.67. The minimum absolute atomic E-state index is 0.0418. The Balaban J connectivity index is 1.93. The highest BCUT2D eigenvalue weighted by atomic mass is 32.1. The van der Waals surface area contributed by atoms with Gasteiger partial charge in [-0.25, -0.2) is 4.39 Å². The lowest BCUT2D eigenvalue weighted by atomic mass is 10.2. The first-order chi connectivity index (χ1) is 12.6. The van der Waals surface area contributed by atoms with E-state index >= 15 is 0 Å². The topological polar surface area (TPSA) is 59.0 Å². The van der Waals surface area contributed by atoms with E-state index < -0.39 is 11.7 Å². The van der Waals surface area contributed by atoms with Gasteiger partial charge >= 0.3 is 0 Å². The van der Waals surface area contributed by atoms with Crippen LogP contribution in [0.15, 0.2) is 42.6 Å². The van der Waals surface area contributed by atoms with Crippen molar-refractivity contribution in [2.75, 3.05) is 11.4 Å². The summed E-state index contributed by atoms with van der Waals surface area (Å²) in [6.07, 6.45) is 3.42. The molecule has 3 aromatic rings. The van der Waals surface area contributed by atoms with E-state index in [-0.39, 0.29) is 5.56 Å². The molecular weight excluding hydrogens is 351 g/mol. The van der Waals surface area contributed by atoms with Crippen molar-refractivity contribution < 1.29 is 9.18 Å². The number of unbranched alkanes of at least 4 members (excludes halogenated alkanes) is 1. The lowest BCUT2D eigenvalue weighted by Crippen LogP contribution is -2.32. The largest absolute Gasteiger partial charge is 0.282 e. The number of anilines is 1. The number of carbonyl (C=O) groups excluding carboxylic acids is 1. The third-order valence-corrected chi connectivity index (χ3v) is 4.87. The summed E-state index contributed by atoms with van der Waals surface area (Å²) in [5.74, 6) is -0.932. The normalized spacial score (nSPS) is 10.7. The fourth-order valence-corrected chi connectivity index (χ4v) is 3.37. The Kier molecular flexibility index (Phi) is 5.68. The molecule has 134 valence electrons. The maximum Gasteiger partial charge on any atom is 0.263 e. The Morgan fingerprint density at radius 1 is 1.23 bits per heavy atom. The number of hydrogen-bond acceptors (Lipinski definition) is 5. The molecule has 0 N–H and O–H groups in total. The van der Waals surface area contributed by atoms with Gasteiger partial charge in [-0.15, -0.1) is 10.2 Å². The number of hydrogen-bond donors (Lipinski definition) is 0. The summed E-state index contributed by atoms with van der Waals surface area (Å²) in [6.45, 7) is 4.41. The van der Waals surface area contributed by atoms with E-state index in [0.717, 1.165) is 24.1 Å². The molecule has 0 radical (unpaired) electrons. The third kappa shape index (κ3) is 3.94. The van der Waals surface area contributed by atoms with E-state index in [1.54, 1.807) is 18.3 Å². The van der Waals surface area contributed by atoms with Crippen LogP contribution in [-0.4, -0.2) is 27.6 Å². The van der Waals surface area contributed by atoms with Gasteiger partial charge < -0.3 is 0 Å². The van der Waals surface area contributed by atoms with E-state index in [9.17, 15) is 9.18 Å². The molecule has 5 nitrogen and oxygen atoms in total. The molecule has 0 aliphatic carbocycles. The van der Waals surface area contributed by atoms with Crippen LogP contribution >= 0.6 is 11.3 Å². The first kappa shape index (κ1) is 18.1. The van der Waals surface area contributed by atoms with Crippen molar-refractivity contribution >= 4 is 22.4 Å². The Morgan fingerprint density at radius 3 is 2.77 bits per heavy atom. The van der Waals surface area contributed by atoms with Gasteiger partial charge in [0.1, 0.15) is 10.8 Å². The molecule has 1 amide bonds. The fraction of sp³-hybridized carbons (Fsp3) is 0.263. The molecule has 2 heterocycles. The lowest BCUT2D eigenvalue weighted by molar-refractivity contribution is 0.0982. The van der Waals surface area contributed by atoms with Crippen LogP contribution in [0.2, 0.25) is 0 Å². The van der Waals surface area contributed by atoms with Gasteiger partial charge in [0.25, 0.3) is 5.91 Å². The van der Waals surface area contributed by atoms with E-state index in [0.29, 0.717) is 16.7 Å². The van der Waals surface area contributed by atoms with Crippen molar-refractivity contribution in [1.29, 1.82) is 0 Å². The molecular formula is C19H19FN4OS. The number of amides is 1. The minimum Gasteiger partial charge on any atom is -0.282 e. The van der Waals surface area contributed by atoms with E-state index in [1.165, 1.54) is 28.4 Å². The molecule has 0 spiro atoms. The van der Waals surface area contributed by atoms with Crippen LogP contribution in [0.1, 0.15) is 35.8 Å². The molecule has 3 rings (SSSR count). The van der Waals surface area contributed by atoms with Gasteiger partial charge in [-0.05, 0) is 37.6 Å². The molecule has 2 aromatic heterocycles. The summed E-state index contributed by atoms with van der Waals surface area (Å²) < 4.78 is 14.1. The molecule has 0 atom stereocenters. The highest BCUT2D eigenvalue weighted by molar-refractivity contribution is 7.18. The predicted molar refractivity (Wildman–Crippen MR) is 101 cm³/mol. The molecule has 1 aromatic carbocycles. The number of rotatable bonds is 6. The molecule has 0 bridgehead atoms. The van der Waals surface area contributed by atoms with Crippen molar-refractivity contribution in [3.05, 3.63) is 59.7 Å². The standard InChI is InChI=1S/C19H19FN4OS/c1-3-4-11-24(18(25)15-7-5-6-8-16(15)20)19-23-22-17(26-19)14-9-10-21-13(2)12-14/h5-10,12H,3-4,11H2,1-2H3. The van der Waals surface area contributed by atoms with Crippen LogP contribution in [-0.2, 0) is 0 Å². The SMILES string of the molecule is CCCCN(C(=O)c1ccccc1F)c1nnc(-c2ccnc(C)c2)s1. The van der Waals surface area contributed by atoms with E-state index in [2.05, 4.69) is 15.2 Å². The monoisotopic (exact) mass is 370 g/mol.